The highest BCUT2D eigenvalue weighted by Crippen LogP contribution is 2.38. The molecule has 2 aromatic carbocycles. The van der Waals surface area contributed by atoms with E-state index in [2.05, 4.69) is 10.3 Å². The minimum atomic E-state index is -0.222. The van der Waals surface area contributed by atoms with Gasteiger partial charge in [0.15, 0.2) is 11.5 Å². The Hall–Kier alpha value is -2.92. The van der Waals surface area contributed by atoms with Crippen molar-refractivity contribution >= 4 is 40.2 Å². The van der Waals surface area contributed by atoms with Crippen LogP contribution in [0.5, 0.6) is 11.5 Å². The van der Waals surface area contributed by atoms with Crippen LogP contribution in [0, 0.1) is 0 Å². The van der Waals surface area contributed by atoms with E-state index in [-0.39, 0.29) is 5.91 Å². The van der Waals surface area contributed by atoms with Crippen LogP contribution < -0.4 is 14.8 Å². The number of nitrogens with one attached hydrogen (secondary N) is 2. The van der Waals surface area contributed by atoms with Crippen LogP contribution in [0.4, 0.5) is 5.69 Å². The van der Waals surface area contributed by atoms with Crippen molar-refractivity contribution in [2.75, 3.05) is 18.5 Å². The second-order valence-electron chi connectivity index (χ2n) is 5.59. The number of aromatic nitrogens is 1. The number of hydrogen-bond donors (Lipinski definition) is 2. The number of hydrogen-bond acceptors (Lipinski definition) is 3. The third kappa shape index (κ3) is 3.19. The first-order chi connectivity index (χ1) is 12.2. The minimum Gasteiger partial charge on any atom is -0.486 e. The number of halogens is 1. The van der Waals surface area contributed by atoms with Crippen molar-refractivity contribution in [2.24, 2.45) is 0 Å². The smallest absolute Gasteiger partial charge is 0.248 e. The van der Waals surface area contributed by atoms with Crippen LogP contribution in [-0.4, -0.2) is 24.1 Å². The second kappa shape index (κ2) is 6.53. The van der Waals surface area contributed by atoms with E-state index in [1.165, 1.54) is 6.08 Å². The lowest BCUT2D eigenvalue weighted by Gasteiger charge is -2.19. The van der Waals surface area contributed by atoms with Crippen LogP contribution >= 0.6 is 11.6 Å². The summed E-state index contributed by atoms with van der Waals surface area (Å²) in [4.78, 5) is 15.3. The number of benzene rings is 2. The zero-order valence-corrected chi connectivity index (χ0v) is 14.0. The molecule has 1 amide bonds. The molecule has 0 atom stereocenters. The molecule has 3 aromatic rings. The molecule has 2 N–H and O–H groups in total. The Morgan fingerprint density at radius 3 is 3.00 bits per heavy atom. The first kappa shape index (κ1) is 15.6. The Balaban J connectivity index is 1.53. The van der Waals surface area contributed by atoms with Crippen LogP contribution in [0.25, 0.3) is 17.0 Å². The maximum Gasteiger partial charge on any atom is 0.248 e. The third-order valence-electron chi connectivity index (χ3n) is 3.90. The summed E-state index contributed by atoms with van der Waals surface area (Å²) in [5.41, 5.74) is 2.50. The molecule has 0 fully saturated rings. The molecule has 1 aliphatic rings. The largest absolute Gasteiger partial charge is 0.486 e. The highest BCUT2D eigenvalue weighted by Gasteiger charge is 2.16. The van der Waals surface area contributed by atoms with Crippen LogP contribution in [0.2, 0.25) is 5.02 Å². The van der Waals surface area contributed by atoms with E-state index in [9.17, 15) is 4.79 Å². The van der Waals surface area contributed by atoms with Gasteiger partial charge in [-0.15, -0.1) is 0 Å². The predicted octanol–water partition coefficient (Wildman–Crippen LogP) is 4.24. The normalized spacial score (nSPS) is 13.3. The van der Waals surface area contributed by atoms with Crippen LogP contribution in [0.15, 0.2) is 48.7 Å². The fraction of sp³-hybridized carbons (Fsp3) is 0.105. The van der Waals surface area contributed by atoms with E-state index >= 15 is 0 Å². The van der Waals surface area contributed by atoms with E-state index in [0.717, 1.165) is 22.2 Å². The minimum absolute atomic E-state index is 0.222. The molecular weight excluding hydrogens is 340 g/mol. The second-order valence-corrected chi connectivity index (χ2v) is 6.00. The summed E-state index contributed by atoms with van der Waals surface area (Å²) in [6, 6.07) is 11.2. The molecule has 1 aromatic heterocycles. The van der Waals surface area contributed by atoms with Gasteiger partial charge in [-0.3, -0.25) is 4.79 Å². The van der Waals surface area contributed by atoms with Crippen molar-refractivity contribution in [1.82, 2.24) is 4.98 Å². The number of ether oxygens (including phenoxy) is 2. The number of amides is 1. The van der Waals surface area contributed by atoms with Gasteiger partial charge in [0.05, 0.1) is 10.7 Å². The van der Waals surface area contributed by atoms with Crippen molar-refractivity contribution in [3.05, 3.63) is 59.3 Å². The van der Waals surface area contributed by atoms with Gasteiger partial charge < -0.3 is 19.8 Å². The zero-order chi connectivity index (χ0) is 17.2. The van der Waals surface area contributed by atoms with Crippen molar-refractivity contribution in [1.29, 1.82) is 0 Å². The van der Waals surface area contributed by atoms with Crippen molar-refractivity contribution in [3.8, 4) is 11.5 Å². The van der Waals surface area contributed by atoms with Crippen molar-refractivity contribution in [2.45, 2.75) is 0 Å². The molecule has 6 heteroatoms. The quantitative estimate of drug-likeness (QED) is 0.691. The highest BCUT2D eigenvalue weighted by atomic mass is 35.5. The summed E-state index contributed by atoms with van der Waals surface area (Å²) < 4.78 is 11.0. The van der Waals surface area contributed by atoms with Gasteiger partial charge in [-0.25, -0.2) is 0 Å². The number of anilines is 1. The molecule has 0 saturated heterocycles. The fourth-order valence-electron chi connectivity index (χ4n) is 2.77. The predicted molar refractivity (Wildman–Crippen MR) is 98.4 cm³/mol. The summed E-state index contributed by atoms with van der Waals surface area (Å²) in [6.07, 6.45) is 5.00. The lowest BCUT2D eigenvalue weighted by atomic mass is 10.1. The molecule has 0 bridgehead atoms. The Morgan fingerprint density at radius 1 is 1.20 bits per heavy atom. The van der Waals surface area contributed by atoms with Gasteiger partial charge in [-0.05, 0) is 42.0 Å². The average Bonchev–Trinajstić information content (AvgIpc) is 3.10. The van der Waals surface area contributed by atoms with Gasteiger partial charge in [-0.1, -0.05) is 17.7 Å². The van der Waals surface area contributed by atoms with Gasteiger partial charge in [0, 0.05) is 23.2 Å². The number of H-pyrrole nitrogens is 1. The van der Waals surface area contributed by atoms with E-state index in [1.807, 2.05) is 30.5 Å². The summed E-state index contributed by atoms with van der Waals surface area (Å²) in [7, 11) is 0. The molecular formula is C19H15ClN2O3. The number of carbonyl (C=O) groups excluding carboxylic acids is 1. The van der Waals surface area contributed by atoms with Gasteiger partial charge in [0.2, 0.25) is 5.91 Å². The molecule has 25 heavy (non-hydrogen) atoms. The Bertz CT molecular complexity index is 978. The summed E-state index contributed by atoms with van der Waals surface area (Å²) in [5.74, 6) is 0.921. The molecule has 0 spiro atoms. The Labute approximate surface area is 149 Å². The lowest BCUT2D eigenvalue weighted by molar-refractivity contribution is -0.111. The van der Waals surface area contributed by atoms with Gasteiger partial charge >= 0.3 is 0 Å². The Morgan fingerprint density at radius 2 is 2.08 bits per heavy atom. The molecule has 0 radical (unpaired) electrons. The SMILES string of the molecule is O=C(/C=C/c1cc(Cl)c2c(c1)OCCO2)Nc1cccc2[nH]ccc12. The number of rotatable bonds is 3. The first-order valence-corrected chi connectivity index (χ1v) is 8.23. The topological polar surface area (TPSA) is 63.4 Å². The van der Waals surface area contributed by atoms with E-state index in [1.54, 1.807) is 18.2 Å². The van der Waals surface area contributed by atoms with E-state index in [4.69, 9.17) is 21.1 Å². The third-order valence-corrected chi connectivity index (χ3v) is 4.18. The number of fused-ring (bicyclic) bond motifs is 2. The lowest BCUT2D eigenvalue weighted by Crippen LogP contribution is -2.15. The van der Waals surface area contributed by atoms with Crippen LogP contribution in [-0.2, 0) is 4.79 Å². The maximum absolute atomic E-state index is 12.2. The molecule has 0 aliphatic carbocycles. The van der Waals surface area contributed by atoms with Gasteiger partial charge in [-0.2, -0.15) is 0 Å². The molecule has 4 rings (SSSR count). The van der Waals surface area contributed by atoms with Gasteiger partial charge in [0.1, 0.15) is 13.2 Å². The van der Waals surface area contributed by atoms with E-state index < -0.39 is 0 Å². The summed E-state index contributed by atoms with van der Waals surface area (Å²) in [5, 5.41) is 4.32. The fourth-order valence-corrected chi connectivity index (χ4v) is 3.04. The summed E-state index contributed by atoms with van der Waals surface area (Å²) >= 11 is 6.20. The molecule has 1 aliphatic heterocycles. The van der Waals surface area contributed by atoms with Crippen molar-refractivity contribution < 1.29 is 14.3 Å². The van der Waals surface area contributed by atoms with Gasteiger partial charge in [0.25, 0.3) is 0 Å². The highest BCUT2D eigenvalue weighted by molar-refractivity contribution is 6.32. The molecule has 5 nitrogen and oxygen atoms in total. The van der Waals surface area contributed by atoms with Crippen LogP contribution in [0.1, 0.15) is 5.56 Å². The zero-order valence-electron chi connectivity index (χ0n) is 13.2. The number of carbonyl (C=O) groups is 1. The monoisotopic (exact) mass is 354 g/mol. The molecule has 126 valence electrons. The first-order valence-electron chi connectivity index (χ1n) is 7.85. The molecule has 2 heterocycles. The standard InChI is InChI=1S/C19H15ClN2O3/c20-14-10-12(11-17-19(14)25-9-8-24-17)4-5-18(23)22-16-3-1-2-15-13(16)6-7-21-15/h1-7,10-11,21H,8-9H2,(H,22,23)/b5-4+. The summed E-state index contributed by atoms with van der Waals surface area (Å²) in [6.45, 7) is 0.965. The average molecular weight is 355 g/mol. The molecule has 0 unspecified atom stereocenters. The number of aromatic amines is 1. The van der Waals surface area contributed by atoms with Crippen molar-refractivity contribution in [3.63, 3.8) is 0 Å². The van der Waals surface area contributed by atoms with Crippen LogP contribution in [0.3, 0.4) is 0 Å². The van der Waals surface area contributed by atoms with E-state index in [0.29, 0.717) is 29.7 Å². The Kier molecular flexibility index (Phi) is 4.07. The maximum atomic E-state index is 12.2. The molecule has 0 saturated carbocycles.